The van der Waals surface area contributed by atoms with Crippen LogP contribution in [0.4, 0.5) is 5.69 Å². The van der Waals surface area contributed by atoms with E-state index in [9.17, 15) is 0 Å². The zero-order chi connectivity index (χ0) is 17.1. The SMILES string of the molecule is S=C(Nc1ccccc1)NC1C[C@H]2CC[C@@H](C1)N2Cc1ccccc1. The molecule has 3 nitrogen and oxygen atoms in total. The van der Waals surface area contributed by atoms with Crippen molar-refractivity contribution in [2.24, 2.45) is 0 Å². The van der Waals surface area contributed by atoms with Gasteiger partial charge in [0.15, 0.2) is 5.11 Å². The van der Waals surface area contributed by atoms with Gasteiger partial charge in [-0.05, 0) is 55.6 Å². The van der Waals surface area contributed by atoms with Crippen LogP contribution in [0.2, 0.25) is 0 Å². The lowest BCUT2D eigenvalue weighted by Gasteiger charge is -2.39. The third-order valence-corrected chi connectivity index (χ3v) is 5.68. The first-order chi connectivity index (χ1) is 12.3. The Bertz CT molecular complexity index is 690. The molecule has 4 rings (SSSR count). The lowest BCUT2D eigenvalue weighted by molar-refractivity contribution is 0.115. The molecule has 3 atom stereocenters. The van der Waals surface area contributed by atoms with Gasteiger partial charge < -0.3 is 10.6 Å². The minimum Gasteiger partial charge on any atom is -0.360 e. The first-order valence-electron chi connectivity index (χ1n) is 9.20. The fraction of sp³-hybridized carbons (Fsp3) is 0.381. The van der Waals surface area contributed by atoms with E-state index >= 15 is 0 Å². The van der Waals surface area contributed by atoms with Crippen LogP contribution >= 0.6 is 12.2 Å². The summed E-state index contributed by atoms with van der Waals surface area (Å²) in [4.78, 5) is 2.71. The third-order valence-electron chi connectivity index (χ3n) is 5.46. The molecular weight excluding hydrogens is 326 g/mol. The molecule has 0 radical (unpaired) electrons. The van der Waals surface area contributed by atoms with E-state index in [0.717, 1.165) is 17.3 Å². The molecule has 2 saturated heterocycles. The van der Waals surface area contributed by atoms with Crippen molar-refractivity contribution in [3.05, 3.63) is 66.2 Å². The lowest BCUT2D eigenvalue weighted by atomic mass is 9.96. The maximum Gasteiger partial charge on any atom is 0.170 e. The molecular formula is C21H25N3S. The molecule has 0 amide bonds. The quantitative estimate of drug-likeness (QED) is 0.809. The minimum absolute atomic E-state index is 0.480. The summed E-state index contributed by atoms with van der Waals surface area (Å²) in [5.74, 6) is 0. The van der Waals surface area contributed by atoms with Gasteiger partial charge in [-0.3, -0.25) is 4.90 Å². The van der Waals surface area contributed by atoms with E-state index < -0.39 is 0 Å². The zero-order valence-corrected chi connectivity index (χ0v) is 15.2. The molecule has 0 saturated carbocycles. The molecule has 25 heavy (non-hydrogen) atoms. The number of hydrogen-bond acceptors (Lipinski definition) is 2. The summed E-state index contributed by atoms with van der Waals surface area (Å²) in [6, 6.07) is 22.8. The second-order valence-corrected chi connectivity index (χ2v) is 7.58. The third kappa shape index (κ3) is 4.02. The summed E-state index contributed by atoms with van der Waals surface area (Å²) < 4.78 is 0. The number of para-hydroxylation sites is 1. The van der Waals surface area contributed by atoms with Gasteiger partial charge in [0.2, 0.25) is 0 Å². The monoisotopic (exact) mass is 351 g/mol. The van der Waals surface area contributed by atoms with E-state index in [-0.39, 0.29) is 0 Å². The van der Waals surface area contributed by atoms with Gasteiger partial charge in [-0.25, -0.2) is 0 Å². The largest absolute Gasteiger partial charge is 0.360 e. The summed E-state index contributed by atoms with van der Waals surface area (Å²) in [5.41, 5.74) is 2.47. The molecule has 2 aromatic rings. The van der Waals surface area contributed by atoms with Crippen molar-refractivity contribution in [1.82, 2.24) is 10.2 Å². The average Bonchev–Trinajstić information content (AvgIpc) is 2.86. The summed E-state index contributed by atoms with van der Waals surface area (Å²) >= 11 is 5.51. The molecule has 2 N–H and O–H groups in total. The number of nitrogens with one attached hydrogen (secondary N) is 2. The predicted octanol–water partition coefficient (Wildman–Crippen LogP) is 4.17. The average molecular weight is 352 g/mol. The number of benzene rings is 2. The minimum atomic E-state index is 0.480. The van der Waals surface area contributed by atoms with Crippen molar-refractivity contribution in [1.29, 1.82) is 0 Å². The Hall–Kier alpha value is -1.91. The maximum absolute atomic E-state index is 5.51. The summed E-state index contributed by atoms with van der Waals surface area (Å²) in [5, 5.41) is 7.59. The van der Waals surface area contributed by atoms with Crippen LogP contribution in [0, 0.1) is 0 Å². The summed E-state index contributed by atoms with van der Waals surface area (Å²) in [7, 11) is 0. The fourth-order valence-corrected chi connectivity index (χ4v) is 4.60. The Balaban J connectivity index is 1.33. The van der Waals surface area contributed by atoms with Gasteiger partial charge in [0, 0.05) is 30.4 Å². The number of piperidine rings is 1. The fourth-order valence-electron chi connectivity index (χ4n) is 4.32. The van der Waals surface area contributed by atoms with Crippen molar-refractivity contribution in [3.8, 4) is 0 Å². The van der Waals surface area contributed by atoms with Gasteiger partial charge in [0.25, 0.3) is 0 Å². The van der Waals surface area contributed by atoms with Crippen LogP contribution < -0.4 is 10.6 Å². The predicted molar refractivity (Wildman–Crippen MR) is 108 cm³/mol. The first kappa shape index (κ1) is 16.6. The van der Waals surface area contributed by atoms with Gasteiger partial charge in [0.1, 0.15) is 0 Å². The highest BCUT2D eigenvalue weighted by Gasteiger charge is 2.40. The molecule has 0 aromatic heterocycles. The van der Waals surface area contributed by atoms with E-state index in [2.05, 4.69) is 45.9 Å². The second kappa shape index (κ2) is 7.54. The highest BCUT2D eigenvalue weighted by molar-refractivity contribution is 7.80. The lowest BCUT2D eigenvalue weighted by Crippen LogP contribution is -2.50. The Labute approximate surface area is 155 Å². The normalized spacial score (nSPS) is 25.5. The van der Waals surface area contributed by atoms with Crippen LogP contribution in [-0.4, -0.2) is 28.1 Å². The number of thiocarbonyl (C=S) groups is 1. The van der Waals surface area contributed by atoms with Gasteiger partial charge >= 0.3 is 0 Å². The van der Waals surface area contributed by atoms with E-state index in [0.29, 0.717) is 18.1 Å². The molecule has 2 fully saturated rings. The van der Waals surface area contributed by atoms with Crippen molar-refractivity contribution >= 4 is 23.0 Å². The molecule has 2 aliphatic rings. The molecule has 130 valence electrons. The Kier molecular flexibility index (Phi) is 4.99. The van der Waals surface area contributed by atoms with E-state index in [1.54, 1.807) is 0 Å². The number of anilines is 1. The Morgan fingerprint density at radius 2 is 1.52 bits per heavy atom. The van der Waals surface area contributed by atoms with Crippen LogP contribution in [0.5, 0.6) is 0 Å². The number of rotatable bonds is 4. The molecule has 1 unspecified atom stereocenters. The maximum atomic E-state index is 5.51. The van der Waals surface area contributed by atoms with Crippen LogP contribution in [0.1, 0.15) is 31.2 Å². The molecule has 0 spiro atoms. The summed E-state index contributed by atoms with van der Waals surface area (Å²) in [6.07, 6.45) is 4.99. The molecule has 2 bridgehead atoms. The van der Waals surface area contributed by atoms with Gasteiger partial charge in [-0.15, -0.1) is 0 Å². The zero-order valence-electron chi connectivity index (χ0n) is 14.4. The number of hydrogen-bond donors (Lipinski definition) is 2. The Morgan fingerprint density at radius 1 is 0.920 bits per heavy atom. The summed E-state index contributed by atoms with van der Waals surface area (Å²) in [6.45, 7) is 1.08. The van der Waals surface area contributed by atoms with Gasteiger partial charge in [-0.1, -0.05) is 48.5 Å². The van der Waals surface area contributed by atoms with Crippen LogP contribution in [-0.2, 0) is 6.54 Å². The highest BCUT2D eigenvalue weighted by atomic mass is 32.1. The van der Waals surface area contributed by atoms with Gasteiger partial charge in [-0.2, -0.15) is 0 Å². The number of nitrogens with zero attached hydrogens (tertiary/aromatic N) is 1. The first-order valence-corrected chi connectivity index (χ1v) is 9.61. The van der Waals surface area contributed by atoms with E-state index in [1.807, 2.05) is 30.3 Å². The number of fused-ring (bicyclic) bond motifs is 2. The molecule has 0 aliphatic carbocycles. The van der Waals surface area contributed by atoms with Crippen LogP contribution in [0.3, 0.4) is 0 Å². The topological polar surface area (TPSA) is 27.3 Å². The highest BCUT2D eigenvalue weighted by Crippen LogP contribution is 2.36. The van der Waals surface area contributed by atoms with E-state index in [4.69, 9.17) is 12.2 Å². The van der Waals surface area contributed by atoms with Crippen molar-refractivity contribution < 1.29 is 0 Å². The van der Waals surface area contributed by atoms with Crippen molar-refractivity contribution in [2.45, 2.75) is 50.4 Å². The molecule has 4 heteroatoms. The second-order valence-electron chi connectivity index (χ2n) is 7.18. The van der Waals surface area contributed by atoms with Crippen LogP contribution in [0.25, 0.3) is 0 Å². The molecule has 2 aliphatic heterocycles. The van der Waals surface area contributed by atoms with Crippen molar-refractivity contribution in [3.63, 3.8) is 0 Å². The smallest absolute Gasteiger partial charge is 0.170 e. The van der Waals surface area contributed by atoms with Crippen LogP contribution in [0.15, 0.2) is 60.7 Å². The van der Waals surface area contributed by atoms with E-state index in [1.165, 1.54) is 31.2 Å². The Morgan fingerprint density at radius 3 is 2.16 bits per heavy atom. The molecule has 2 aromatic carbocycles. The standard InChI is InChI=1S/C21H25N3S/c25-21(22-17-9-5-2-6-10-17)23-18-13-19-11-12-20(14-18)24(19)15-16-7-3-1-4-8-16/h1-10,18-20H,11-15H2,(H2,22,23,25)/t18?,19-,20+. The van der Waals surface area contributed by atoms with Gasteiger partial charge in [0.05, 0.1) is 0 Å². The molecule has 2 heterocycles. The van der Waals surface area contributed by atoms with Crippen molar-refractivity contribution in [2.75, 3.05) is 5.32 Å².